The third kappa shape index (κ3) is 4.29. The maximum atomic E-state index is 13.0. The summed E-state index contributed by atoms with van der Waals surface area (Å²) in [5, 5.41) is 22.0. The quantitative estimate of drug-likeness (QED) is 0.554. The number of hydrogen-bond acceptors (Lipinski definition) is 6. The van der Waals surface area contributed by atoms with Gasteiger partial charge in [0.2, 0.25) is 0 Å². The molecule has 8 heteroatoms. The Morgan fingerprint density at radius 1 is 1.27 bits per heavy atom. The van der Waals surface area contributed by atoms with Crippen LogP contribution in [-0.2, 0) is 11.3 Å². The standard InChI is InChI=1S/C22H27N5O3/c1-2-27-21-17(13-25-27)20(26-16-8-10-30-11-9-16)18(12-23-21)22(29)24-14-19(28)15-6-4-3-5-7-15/h3-7,12-13,16,19,28H,2,8-11,14H2,1H3,(H,23,26)(H,24,29)/t19-/m1/s1. The van der Waals surface area contributed by atoms with E-state index >= 15 is 0 Å². The van der Waals surface area contributed by atoms with Gasteiger partial charge < -0.3 is 20.5 Å². The number of aromatic nitrogens is 3. The van der Waals surface area contributed by atoms with Crippen molar-refractivity contribution in [2.45, 2.75) is 38.5 Å². The van der Waals surface area contributed by atoms with E-state index in [-0.39, 0.29) is 18.5 Å². The van der Waals surface area contributed by atoms with E-state index in [1.165, 1.54) is 0 Å². The van der Waals surface area contributed by atoms with Gasteiger partial charge in [-0.05, 0) is 25.3 Å². The van der Waals surface area contributed by atoms with E-state index in [2.05, 4.69) is 20.7 Å². The van der Waals surface area contributed by atoms with Crippen LogP contribution in [0.15, 0.2) is 42.7 Å². The Kier molecular flexibility index (Phi) is 6.25. The maximum Gasteiger partial charge on any atom is 0.255 e. The van der Waals surface area contributed by atoms with Gasteiger partial charge in [-0.2, -0.15) is 5.10 Å². The van der Waals surface area contributed by atoms with E-state index < -0.39 is 6.10 Å². The Balaban J connectivity index is 1.58. The van der Waals surface area contributed by atoms with Gasteiger partial charge in [0, 0.05) is 38.5 Å². The number of benzene rings is 1. The van der Waals surface area contributed by atoms with Crippen LogP contribution in [0.25, 0.3) is 11.0 Å². The lowest BCUT2D eigenvalue weighted by Gasteiger charge is -2.25. The van der Waals surface area contributed by atoms with Crippen molar-refractivity contribution in [3.63, 3.8) is 0 Å². The van der Waals surface area contributed by atoms with Crippen LogP contribution in [0, 0.1) is 0 Å². The number of pyridine rings is 1. The normalized spacial score (nSPS) is 15.8. The van der Waals surface area contributed by atoms with Crippen LogP contribution in [0.3, 0.4) is 0 Å². The molecule has 1 aliphatic rings. The van der Waals surface area contributed by atoms with Gasteiger partial charge in [0.15, 0.2) is 5.65 Å². The number of aliphatic hydroxyl groups is 1. The molecule has 8 nitrogen and oxygen atoms in total. The molecule has 0 saturated carbocycles. The highest BCUT2D eigenvalue weighted by Crippen LogP contribution is 2.28. The Morgan fingerprint density at radius 3 is 2.77 bits per heavy atom. The zero-order valence-electron chi connectivity index (χ0n) is 17.0. The average molecular weight is 409 g/mol. The summed E-state index contributed by atoms with van der Waals surface area (Å²) in [6, 6.07) is 9.50. The van der Waals surface area contributed by atoms with Gasteiger partial charge in [0.1, 0.15) is 0 Å². The van der Waals surface area contributed by atoms with Crippen LogP contribution >= 0.6 is 0 Å². The molecule has 30 heavy (non-hydrogen) atoms. The molecule has 0 aliphatic carbocycles. The summed E-state index contributed by atoms with van der Waals surface area (Å²) in [5.41, 5.74) is 2.69. The number of hydrogen-bond donors (Lipinski definition) is 3. The molecule has 2 aromatic heterocycles. The number of nitrogens with zero attached hydrogens (tertiary/aromatic N) is 3. The summed E-state index contributed by atoms with van der Waals surface area (Å²) >= 11 is 0. The van der Waals surface area contributed by atoms with Crippen molar-refractivity contribution in [3.8, 4) is 0 Å². The van der Waals surface area contributed by atoms with Crippen molar-refractivity contribution < 1.29 is 14.6 Å². The summed E-state index contributed by atoms with van der Waals surface area (Å²) in [6.07, 6.45) is 4.31. The van der Waals surface area contributed by atoms with Crippen molar-refractivity contribution in [2.75, 3.05) is 25.1 Å². The summed E-state index contributed by atoms with van der Waals surface area (Å²) in [7, 11) is 0. The molecule has 3 heterocycles. The fourth-order valence-corrected chi connectivity index (χ4v) is 3.71. The third-order valence-electron chi connectivity index (χ3n) is 5.42. The molecule has 4 rings (SSSR count). The fourth-order valence-electron chi connectivity index (χ4n) is 3.71. The monoisotopic (exact) mass is 409 g/mol. The van der Waals surface area contributed by atoms with Crippen LogP contribution in [0.2, 0.25) is 0 Å². The van der Waals surface area contributed by atoms with Crippen molar-refractivity contribution in [1.82, 2.24) is 20.1 Å². The Labute approximate surface area is 175 Å². The zero-order chi connectivity index (χ0) is 20.9. The summed E-state index contributed by atoms with van der Waals surface area (Å²) in [6.45, 7) is 4.22. The minimum atomic E-state index is -0.776. The number of aliphatic hydroxyl groups excluding tert-OH is 1. The van der Waals surface area contributed by atoms with Crippen molar-refractivity contribution in [2.24, 2.45) is 0 Å². The second-order valence-corrected chi connectivity index (χ2v) is 7.41. The van der Waals surface area contributed by atoms with Crippen molar-refractivity contribution >= 4 is 22.6 Å². The van der Waals surface area contributed by atoms with E-state index in [1.807, 2.05) is 41.9 Å². The first-order valence-corrected chi connectivity index (χ1v) is 10.4. The van der Waals surface area contributed by atoms with Crippen LogP contribution in [0.5, 0.6) is 0 Å². The largest absolute Gasteiger partial charge is 0.387 e. The van der Waals surface area contributed by atoms with Gasteiger partial charge in [0.25, 0.3) is 5.91 Å². The second-order valence-electron chi connectivity index (χ2n) is 7.41. The predicted octanol–water partition coefficient (Wildman–Crippen LogP) is 2.51. The summed E-state index contributed by atoms with van der Waals surface area (Å²) in [4.78, 5) is 17.5. The number of aryl methyl sites for hydroxylation is 1. The SMILES string of the molecule is CCn1ncc2c(NC3CCOCC3)c(C(=O)NC[C@@H](O)c3ccccc3)cnc21. The molecule has 1 aromatic carbocycles. The first kappa shape index (κ1) is 20.3. The Bertz CT molecular complexity index is 999. The molecule has 158 valence electrons. The van der Waals surface area contributed by atoms with E-state index in [9.17, 15) is 9.90 Å². The van der Waals surface area contributed by atoms with E-state index in [1.54, 1.807) is 12.4 Å². The minimum Gasteiger partial charge on any atom is -0.387 e. The fraction of sp³-hybridized carbons (Fsp3) is 0.409. The predicted molar refractivity (Wildman–Crippen MR) is 114 cm³/mol. The van der Waals surface area contributed by atoms with Gasteiger partial charge >= 0.3 is 0 Å². The number of anilines is 1. The van der Waals surface area contributed by atoms with Gasteiger partial charge in [-0.3, -0.25) is 4.79 Å². The topological polar surface area (TPSA) is 101 Å². The van der Waals surface area contributed by atoms with Gasteiger partial charge in [-0.1, -0.05) is 30.3 Å². The Hall–Kier alpha value is -2.97. The lowest BCUT2D eigenvalue weighted by atomic mass is 10.1. The molecule has 1 fully saturated rings. The lowest BCUT2D eigenvalue weighted by molar-refractivity contribution is 0.0901. The number of rotatable bonds is 7. The van der Waals surface area contributed by atoms with Gasteiger partial charge in [-0.15, -0.1) is 0 Å². The first-order chi connectivity index (χ1) is 14.7. The van der Waals surface area contributed by atoms with E-state index in [0.29, 0.717) is 25.3 Å². The third-order valence-corrected chi connectivity index (χ3v) is 5.42. The number of carbonyl (C=O) groups is 1. The number of fused-ring (bicyclic) bond motifs is 1. The van der Waals surface area contributed by atoms with Crippen molar-refractivity contribution in [3.05, 3.63) is 53.9 Å². The highest BCUT2D eigenvalue weighted by molar-refractivity contribution is 6.06. The molecule has 1 aliphatic heterocycles. The maximum absolute atomic E-state index is 13.0. The molecule has 0 radical (unpaired) electrons. The van der Waals surface area contributed by atoms with Crippen LogP contribution < -0.4 is 10.6 Å². The van der Waals surface area contributed by atoms with Crippen LogP contribution in [0.4, 0.5) is 5.69 Å². The van der Waals surface area contributed by atoms with E-state index in [4.69, 9.17) is 4.74 Å². The number of ether oxygens (including phenoxy) is 1. The molecule has 3 N–H and O–H groups in total. The summed E-state index contributed by atoms with van der Waals surface area (Å²) < 4.78 is 7.27. The molecule has 1 atom stereocenters. The Morgan fingerprint density at radius 2 is 2.03 bits per heavy atom. The second kappa shape index (κ2) is 9.23. The van der Waals surface area contributed by atoms with Crippen LogP contribution in [-0.4, -0.2) is 51.6 Å². The van der Waals surface area contributed by atoms with Gasteiger partial charge in [-0.25, -0.2) is 9.67 Å². The molecule has 0 spiro atoms. The van der Waals surface area contributed by atoms with Gasteiger partial charge in [0.05, 0.1) is 28.9 Å². The smallest absolute Gasteiger partial charge is 0.255 e. The van der Waals surface area contributed by atoms with E-state index in [0.717, 1.165) is 35.1 Å². The molecule has 1 saturated heterocycles. The van der Waals surface area contributed by atoms with Crippen molar-refractivity contribution in [1.29, 1.82) is 0 Å². The first-order valence-electron chi connectivity index (χ1n) is 10.4. The molecule has 3 aromatic rings. The number of amides is 1. The minimum absolute atomic E-state index is 0.117. The highest BCUT2D eigenvalue weighted by atomic mass is 16.5. The summed E-state index contributed by atoms with van der Waals surface area (Å²) in [5.74, 6) is -0.279. The number of carbonyl (C=O) groups excluding carboxylic acids is 1. The molecular weight excluding hydrogens is 382 g/mol. The molecule has 0 bridgehead atoms. The number of nitrogens with one attached hydrogen (secondary N) is 2. The lowest BCUT2D eigenvalue weighted by Crippen LogP contribution is -2.32. The zero-order valence-corrected chi connectivity index (χ0v) is 17.0. The average Bonchev–Trinajstić information content (AvgIpc) is 3.22. The molecular formula is C22H27N5O3. The molecule has 0 unspecified atom stereocenters. The molecule has 1 amide bonds. The highest BCUT2D eigenvalue weighted by Gasteiger charge is 2.22. The van der Waals surface area contributed by atoms with Crippen LogP contribution in [0.1, 0.15) is 41.8 Å².